The number of hydrogen-bond acceptors (Lipinski definition) is 5. The van der Waals surface area contributed by atoms with Crippen LogP contribution in [0.15, 0.2) is 73.7 Å². The van der Waals surface area contributed by atoms with Gasteiger partial charge in [0.15, 0.2) is 5.13 Å². The predicted octanol–water partition coefficient (Wildman–Crippen LogP) is 4.93. The fraction of sp³-hybridized carbons (Fsp3) is 0. The van der Waals surface area contributed by atoms with Crippen molar-refractivity contribution in [2.75, 3.05) is 5.32 Å². The Bertz CT molecular complexity index is 1180. The average molecular weight is 427 g/mol. The molecule has 0 radical (unpaired) electrons. The molecule has 0 bridgehead atoms. The fourth-order valence-electron chi connectivity index (χ4n) is 2.51. The van der Waals surface area contributed by atoms with Gasteiger partial charge in [-0.2, -0.15) is 0 Å². The van der Waals surface area contributed by atoms with Gasteiger partial charge < -0.3 is 4.42 Å². The smallest absolute Gasteiger partial charge is 0.345 e. The van der Waals surface area contributed by atoms with Crippen molar-refractivity contribution in [3.63, 3.8) is 0 Å². The SMILES string of the molecule is O=C(Nc1nc(-c2cc3ccccc3oc2=O)cs1)c1ccccc1Br. The molecule has 0 fully saturated rings. The molecule has 0 atom stereocenters. The van der Waals surface area contributed by atoms with E-state index in [0.717, 1.165) is 5.39 Å². The Morgan fingerprint density at radius 1 is 1.12 bits per heavy atom. The van der Waals surface area contributed by atoms with E-state index in [1.165, 1.54) is 11.3 Å². The molecule has 4 aromatic rings. The molecular formula is C19H11BrN2O3S. The number of amides is 1. The van der Waals surface area contributed by atoms with Crippen LogP contribution in [0.5, 0.6) is 0 Å². The molecule has 2 aromatic heterocycles. The summed E-state index contributed by atoms with van der Waals surface area (Å²) in [7, 11) is 0. The number of nitrogens with zero attached hydrogens (tertiary/aromatic N) is 1. The maximum atomic E-state index is 12.4. The summed E-state index contributed by atoms with van der Waals surface area (Å²) in [5.41, 5.74) is 1.41. The van der Waals surface area contributed by atoms with Crippen LogP contribution in [0.25, 0.3) is 22.2 Å². The topological polar surface area (TPSA) is 72.2 Å². The Morgan fingerprint density at radius 2 is 1.88 bits per heavy atom. The second-order valence-electron chi connectivity index (χ2n) is 5.46. The zero-order chi connectivity index (χ0) is 18.1. The van der Waals surface area contributed by atoms with Gasteiger partial charge in [-0.25, -0.2) is 9.78 Å². The summed E-state index contributed by atoms with van der Waals surface area (Å²) in [4.78, 5) is 29.0. The van der Waals surface area contributed by atoms with Crippen LogP contribution in [-0.4, -0.2) is 10.9 Å². The molecule has 5 nitrogen and oxygen atoms in total. The molecule has 0 saturated heterocycles. The van der Waals surface area contributed by atoms with E-state index in [4.69, 9.17) is 4.42 Å². The molecule has 0 aliphatic heterocycles. The number of thiazole rings is 1. The molecule has 7 heteroatoms. The second-order valence-corrected chi connectivity index (χ2v) is 7.17. The first-order valence-electron chi connectivity index (χ1n) is 7.66. The number of carbonyl (C=O) groups excluding carboxylic acids is 1. The van der Waals surface area contributed by atoms with Gasteiger partial charge in [0.05, 0.1) is 16.8 Å². The zero-order valence-corrected chi connectivity index (χ0v) is 15.6. The highest BCUT2D eigenvalue weighted by atomic mass is 79.9. The molecule has 0 saturated carbocycles. The summed E-state index contributed by atoms with van der Waals surface area (Å²) in [6.45, 7) is 0. The van der Waals surface area contributed by atoms with E-state index in [1.54, 1.807) is 35.7 Å². The Balaban J connectivity index is 1.64. The van der Waals surface area contributed by atoms with Crippen LogP contribution in [0, 0.1) is 0 Å². The average Bonchev–Trinajstić information content (AvgIpc) is 3.09. The number of fused-ring (bicyclic) bond motifs is 1. The van der Waals surface area contributed by atoms with Gasteiger partial charge in [-0.1, -0.05) is 30.3 Å². The minimum atomic E-state index is -0.460. The lowest BCUT2D eigenvalue weighted by atomic mass is 10.1. The Kier molecular flexibility index (Phi) is 4.40. The Labute approximate surface area is 160 Å². The number of anilines is 1. The highest BCUT2D eigenvalue weighted by Crippen LogP contribution is 2.26. The Morgan fingerprint density at radius 3 is 2.73 bits per heavy atom. The Hall–Kier alpha value is -2.77. The van der Waals surface area contributed by atoms with E-state index in [-0.39, 0.29) is 5.91 Å². The van der Waals surface area contributed by atoms with Crippen molar-refractivity contribution < 1.29 is 9.21 Å². The molecule has 1 amide bonds. The van der Waals surface area contributed by atoms with Crippen molar-refractivity contribution >= 4 is 49.3 Å². The minimum absolute atomic E-state index is 0.274. The largest absolute Gasteiger partial charge is 0.422 e. The highest BCUT2D eigenvalue weighted by molar-refractivity contribution is 9.10. The number of carbonyl (C=O) groups is 1. The van der Waals surface area contributed by atoms with Gasteiger partial charge in [-0.05, 0) is 40.2 Å². The van der Waals surface area contributed by atoms with Crippen LogP contribution in [0.3, 0.4) is 0 Å². The molecule has 0 unspecified atom stereocenters. The molecule has 4 rings (SSSR count). The molecule has 0 aliphatic rings. The zero-order valence-electron chi connectivity index (χ0n) is 13.2. The molecule has 2 heterocycles. The van der Waals surface area contributed by atoms with Crippen LogP contribution < -0.4 is 10.9 Å². The first-order valence-corrected chi connectivity index (χ1v) is 9.34. The molecule has 0 aliphatic carbocycles. The quantitative estimate of drug-likeness (QED) is 0.471. The van der Waals surface area contributed by atoms with Gasteiger partial charge in [0, 0.05) is 15.2 Å². The lowest BCUT2D eigenvalue weighted by Crippen LogP contribution is -2.12. The molecule has 2 aromatic carbocycles. The van der Waals surface area contributed by atoms with Gasteiger partial charge >= 0.3 is 5.63 Å². The van der Waals surface area contributed by atoms with Crippen molar-refractivity contribution in [2.45, 2.75) is 0 Å². The summed E-state index contributed by atoms with van der Waals surface area (Å²) in [6, 6.07) is 16.2. The number of aromatic nitrogens is 1. The van der Waals surface area contributed by atoms with E-state index in [2.05, 4.69) is 26.2 Å². The molecular weight excluding hydrogens is 416 g/mol. The van der Waals surface area contributed by atoms with Gasteiger partial charge in [0.1, 0.15) is 5.58 Å². The lowest BCUT2D eigenvalue weighted by Gasteiger charge is -2.03. The number of rotatable bonds is 3. The monoisotopic (exact) mass is 426 g/mol. The summed E-state index contributed by atoms with van der Waals surface area (Å²) in [5.74, 6) is -0.274. The molecule has 26 heavy (non-hydrogen) atoms. The van der Waals surface area contributed by atoms with Crippen LogP contribution in [0.4, 0.5) is 5.13 Å². The fourth-order valence-corrected chi connectivity index (χ4v) is 3.68. The van der Waals surface area contributed by atoms with Crippen molar-refractivity contribution in [3.8, 4) is 11.3 Å². The number of para-hydroxylation sites is 1. The number of benzene rings is 2. The third-order valence-corrected chi connectivity index (χ3v) is 5.21. The van der Waals surface area contributed by atoms with Crippen molar-refractivity contribution in [3.05, 3.63) is 80.4 Å². The number of hydrogen-bond donors (Lipinski definition) is 1. The first kappa shape index (κ1) is 16.7. The van der Waals surface area contributed by atoms with Gasteiger partial charge in [-0.15, -0.1) is 11.3 Å². The molecule has 0 spiro atoms. The normalized spacial score (nSPS) is 10.8. The van der Waals surface area contributed by atoms with Crippen molar-refractivity contribution in [2.24, 2.45) is 0 Å². The van der Waals surface area contributed by atoms with Crippen molar-refractivity contribution in [1.29, 1.82) is 0 Å². The van der Waals surface area contributed by atoms with E-state index in [1.807, 2.05) is 24.3 Å². The van der Waals surface area contributed by atoms with Crippen LogP contribution in [-0.2, 0) is 0 Å². The number of halogens is 1. The van der Waals surface area contributed by atoms with Crippen molar-refractivity contribution in [1.82, 2.24) is 4.98 Å². The first-order chi connectivity index (χ1) is 12.6. The summed E-state index contributed by atoms with van der Waals surface area (Å²) in [5, 5.41) is 5.69. The predicted molar refractivity (Wildman–Crippen MR) is 106 cm³/mol. The van der Waals surface area contributed by atoms with E-state index in [0.29, 0.717) is 32.0 Å². The standard InChI is InChI=1S/C19H11BrN2O3S/c20-14-7-3-2-6-12(14)17(23)22-19-21-15(10-26-19)13-9-11-5-1-4-8-16(11)25-18(13)24/h1-10H,(H,21,22,23). The van der Waals surface area contributed by atoms with Crippen LogP contribution in [0.2, 0.25) is 0 Å². The van der Waals surface area contributed by atoms with Gasteiger partial charge in [0.2, 0.25) is 0 Å². The summed E-state index contributed by atoms with van der Waals surface area (Å²) < 4.78 is 6.04. The van der Waals surface area contributed by atoms with Crippen LogP contribution in [0.1, 0.15) is 10.4 Å². The van der Waals surface area contributed by atoms with E-state index < -0.39 is 5.63 Å². The number of nitrogens with one attached hydrogen (secondary N) is 1. The van der Waals surface area contributed by atoms with Gasteiger partial charge in [0.25, 0.3) is 5.91 Å². The maximum absolute atomic E-state index is 12.4. The van der Waals surface area contributed by atoms with E-state index in [9.17, 15) is 9.59 Å². The maximum Gasteiger partial charge on any atom is 0.345 e. The highest BCUT2D eigenvalue weighted by Gasteiger charge is 2.14. The van der Waals surface area contributed by atoms with Crippen LogP contribution >= 0.6 is 27.3 Å². The summed E-state index contributed by atoms with van der Waals surface area (Å²) >= 11 is 4.60. The third-order valence-electron chi connectivity index (χ3n) is 3.76. The molecule has 128 valence electrons. The third kappa shape index (κ3) is 3.18. The minimum Gasteiger partial charge on any atom is -0.422 e. The van der Waals surface area contributed by atoms with E-state index >= 15 is 0 Å². The van der Waals surface area contributed by atoms with Gasteiger partial charge in [-0.3, -0.25) is 10.1 Å². The summed E-state index contributed by atoms with van der Waals surface area (Å²) in [6.07, 6.45) is 0. The second kappa shape index (κ2) is 6.86. The lowest BCUT2D eigenvalue weighted by molar-refractivity contribution is 0.102. The molecule has 1 N–H and O–H groups in total.